The first kappa shape index (κ1) is 13.2. The molecule has 0 saturated heterocycles. The third kappa shape index (κ3) is 2.35. The Hall–Kier alpha value is -2.76. The van der Waals surface area contributed by atoms with Gasteiger partial charge in [0, 0.05) is 23.7 Å². The second-order valence-corrected chi connectivity index (χ2v) is 4.47. The third-order valence-electron chi connectivity index (χ3n) is 3.09. The minimum absolute atomic E-state index is 0.309. The molecule has 3 aromatic rings. The molecule has 0 aliphatic carbocycles. The highest BCUT2D eigenvalue weighted by atomic mass is 19.1. The molecule has 1 heterocycles. The molecule has 0 unspecified atom stereocenters. The van der Waals surface area contributed by atoms with Gasteiger partial charge in [-0.25, -0.2) is 13.2 Å². The predicted molar refractivity (Wildman–Crippen MR) is 75.8 cm³/mol. The van der Waals surface area contributed by atoms with Gasteiger partial charge < -0.3 is 11.1 Å². The van der Waals surface area contributed by atoms with Crippen molar-refractivity contribution in [2.75, 3.05) is 11.1 Å². The Morgan fingerprint density at radius 3 is 2.43 bits per heavy atom. The molecule has 3 N–H and O–H groups in total. The highest BCUT2D eigenvalue weighted by molar-refractivity contribution is 5.97. The molecule has 0 aliphatic heterocycles. The fourth-order valence-corrected chi connectivity index (χ4v) is 2.08. The highest BCUT2D eigenvalue weighted by Gasteiger charge is 2.13. The molecule has 0 atom stereocenters. The van der Waals surface area contributed by atoms with Gasteiger partial charge in [0.25, 0.3) is 0 Å². The second kappa shape index (κ2) is 4.97. The zero-order valence-corrected chi connectivity index (χ0v) is 10.7. The summed E-state index contributed by atoms with van der Waals surface area (Å²) >= 11 is 0. The van der Waals surface area contributed by atoms with Gasteiger partial charge in [-0.15, -0.1) is 0 Å². The van der Waals surface area contributed by atoms with Gasteiger partial charge in [-0.1, -0.05) is 0 Å². The van der Waals surface area contributed by atoms with Crippen molar-refractivity contribution in [2.45, 2.75) is 0 Å². The molecule has 6 heteroatoms. The van der Waals surface area contributed by atoms with Crippen molar-refractivity contribution in [2.24, 2.45) is 0 Å². The predicted octanol–water partition coefficient (Wildman–Crippen LogP) is 3.98. The van der Waals surface area contributed by atoms with E-state index in [9.17, 15) is 13.2 Å². The average molecular weight is 289 g/mol. The Kier molecular flexibility index (Phi) is 3.13. The van der Waals surface area contributed by atoms with Crippen LogP contribution in [0.5, 0.6) is 0 Å². The van der Waals surface area contributed by atoms with Gasteiger partial charge in [0.1, 0.15) is 11.5 Å². The van der Waals surface area contributed by atoms with Crippen molar-refractivity contribution in [1.82, 2.24) is 4.98 Å². The van der Waals surface area contributed by atoms with Crippen LogP contribution < -0.4 is 11.1 Å². The zero-order valence-electron chi connectivity index (χ0n) is 10.7. The number of hydrogen-bond donors (Lipinski definition) is 2. The first-order chi connectivity index (χ1) is 10.1. The van der Waals surface area contributed by atoms with E-state index < -0.39 is 23.1 Å². The quantitative estimate of drug-likeness (QED) is 0.702. The number of rotatable bonds is 2. The van der Waals surface area contributed by atoms with E-state index in [1.165, 1.54) is 0 Å². The number of benzene rings is 2. The minimum Gasteiger partial charge on any atom is -0.396 e. The minimum atomic E-state index is -1.03. The van der Waals surface area contributed by atoms with E-state index in [0.29, 0.717) is 34.4 Å². The van der Waals surface area contributed by atoms with E-state index in [-0.39, 0.29) is 0 Å². The van der Waals surface area contributed by atoms with Crippen LogP contribution in [0, 0.1) is 17.5 Å². The lowest BCUT2D eigenvalue weighted by atomic mass is 10.1. The van der Waals surface area contributed by atoms with Gasteiger partial charge in [-0.2, -0.15) is 0 Å². The van der Waals surface area contributed by atoms with Crippen molar-refractivity contribution in [3.8, 4) is 0 Å². The van der Waals surface area contributed by atoms with Crippen molar-refractivity contribution in [3.05, 3.63) is 60.0 Å². The molecule has 0 fully saturated rings. The number of fused-ring (bicyclic) bond motifs is 1. The van der Waals surface area contributed by atoms with Crippen molar-refractivity contribution >= 4 is 28.0 Å². The molecule has 21 heavy (non-hydrogen) atoms. The van der Waals surface area contributed by atoms with Gasteiger partial charge in [0.2, 0.25) is 0 Å². The van der Waals surface area contributed by atoms with Crippen LogP contribution in [0.1, 0.15) is 0 Å². The Morgan fingerprint density at radius 2 is 1.71 bits per heavy atom. The second-order valence-electron chi connectivity index (χ2n) is 4.47. The Balaban J connectivity index is 2.09. The number of nitrogens with two attached hydrogens (primary N) is 1. The molecular weight excluding hydrogens is 279 g/mol. The van der Waals surface area contributed by atoms with Crippen LogP contribution in [0.2, 0.25) is 0 Å². The SMILES string of the molecule is Nc1c(Nc2c(F)cc(F)cc2F)ccc2ncccc12. The maximum absolute atomic E-state index is 13.6. The Morgan fingerprint density at radius 1 is 1.00 bits per heavy atom. The third-order valence-corrected chi connectivity index (χ3v) is 3.09. The lowest BCUT2D eigenvalue weighted by molar-refractivity contribution is 0.549. The van der Waals surface area contributed by atoms with Gasteiger partial charge in [-0.3, -0.25) is 4.98 Å². The molecular formula is C15H10F3N3. The largest absolute Gasteiger partial charge is 0.396 e. The first-order valence-electron chi connectivity index (χ1n) is 6.11. The number of nitrogens with one attached hydrogen (secondary N) is 1. The van der Waals surface area contributed by atoms with Gasteiger partial charge in [-0.05, 0) is 24.3 Å². The van der Waals surface area contributed by atoms with Gasteiger partial charge in [0.15, 0.2) is 11.6 Å². The summed E-state index contributed by atoms with van der Waals surface area (Å²) in [5.41, 5.74) is 6.82. The van der Waals surface area contributed by atoms with E-state index in [0.717, 1.165) is 0 Å². The molecule has 1 aromatic heterocycles. The Labute approximate surface area is 118 Å². The summed E-state index contributed by atoms with van der Waals surface area (Å²) in [5, 5.41) is 3.22. The van der Waals surface area contributed by atoms with Crippen molar-refractivity contribution < 1.29 is 13.2 Å². The number of halogens is 3. The van der Waals surface area contributed by atoms with Crippen LogP contribution in [0.4, 0.5) is 30.2 Å². The molecule has 3 rings (SSSR count). The summed E-state index contributed by atoms with van der Waals surface area (Å²) in [4.78, 5) is 4.13. The van der Waals surface area contributed by atoms with Crippen LogP contribution >= 0.6 is 0 Å². The average Bonchev–Trinajstić information content (AvgIpc) is 2.45. The van der Waals surface area contributed by atoms with Crippen LogP contribution in [0.15, 0.2) is 42.6 Å². The lowest BCUT2D eigenvalue weighted by Crippen LogP contribution is -2.02. The summed E-state index contributed by atoms with van der Waals surface area (Å²) < 4.78 is 40.2. The van der Waals surface area contributed by atoms with Gasteiger partial charge >= 0.3 is 0 Å². The molecule has 0 bridgehead atoms. The highest BCUT2D eigenvalue weighted by Crippen LogP contribution is 2.32. The van der Waals surface area contributed by atoms with E-state index in [4.69, 9.17) is 5.73 Å². The first-order valence-corrected chi connectivity index (χ1v) is 6.11. The number of hydrogen-bond acceptors (Lipinski definition) is 3. The van der Waals surface area contributed by atoms with Crippen LogP contribution in [-0.2, 0) is 0 Å². The van der Waals surface area contributed by atoms with E-state index in [2.05, 4.69) is 10.3 Å². The molecule has 3 nitrogen and oxygen atoms in total. The van der Waals surface area contributed by atoms with Crippen LogP contribution in [-0.4, -0.2) is 4.98 Å². The van der Waals surface area contributed by atoms with Crippen LogP contribution in [0.25, 0.3) is 10.9 Å². The molecule has 0 aliphatic rings. The summed E-state index contributed by atoms with van der Waals surface area (Å²) in [6.45, 7) is 0. The summed E-state index contributed by atoms with van der Waals surface area (Å²) in [5.74, 6) is -3.04. The topological polar surface area (TPSA) is 50.9 Å². The molecule has 2 aromatic carbocycles. The van der Waals surface area contributed by atoms with E-state index in [1.807, 2.05) is 0 Å². The summed E-state index contributed by atoms with van der Waals surface area (Å²) in [7, 11) is 0. The molecule has 0 saturated carbocycles. The Bertz CT molecular complexity index is 811. The number of nitrogens with zero attached hydrogens (tertiary/aromatic N) is 1. The maximum atomic E-state index is 13.6. The number of pyridine rings is 1. The smallest absolute Gasteiger partial charge is 0.152 e. The lowest BCUT2D eigenvalue weighted by Gasteiger charge is -2.12. The monoisotopic (exact) mass is 289 g/mol. The normalized spacial score (nSPS) is 10.8. The van der Waals surface area contributed by atoms with Crippen LogP contribution in [0.3, 0.4) is 0 Å². The van der Waals surface area contributed by atoms with Crippen molar-refractivity contribution in [3.63, 3.8) is 0 Å². The standard InChI is InChI=1S/C15H10F3N3/c16-8-6-10(17)15(11(18)7-8)21-13-4-3-12-9(14(13)19)2-1-5-20-12/h1-7,21H,19H2. The molecule has 0 spiro atoms. The van der Waals surface area contributed by atoms with E-state index >= 15 is 0 Å². The van der Waals surface area contributed by atoms with E-state index in [1.54, 1.807) is 30.5 Å². The fourth-order valence-electron chi connectivity index (χ4n) is 2.08. The zero-order chi connectivity index (χ0) is 15.0. The maximum Gasteiger partial charge on any atom is 0.152 e. The molecule has 0 amide bonds. The number of aromatic nitrogens is 1. The number of nitrogen functional groups attached to an aromatic ring is 1. The summed E-state index contributed by atoms with van der Waals surface area (Å²) in [6, 6.07) is 7.90. The van der Waals surface area contributed by atoms with Crippen molar-refractivity contribution in [1.29, 1.82) is 0 Å². The van der Waals surface area contributed by atoms with Gasteiger partial charge in [0.05, 0.1) is 16.9 Å². The fraction of sp³-hybridized carbons (Fsp3) is 0. The molecule has 0 radical (unpaired) electrons. The summed E-state index contributed by atoms with van der Waals surface area (Å²) in [6.07, 6.45) is 1.62. The molecule has 106 valence electrons. The number of anilines is 3.